The van der Waals surface area contributed by atoms with E-state index in [2.05, 4.69) is 11.8 Å². The van der Waals surface area contributed by atoms with Crippen molar-refractivity contribution in [3.8, 4) is 0 Å². The van der Waals surface area contributed by atoms with Gasteiger partial charge >= 0.3 is 0 Å². The molecule has 106 valence electrons. The Morgan fingerprint density at radius 2 is 1.65 bits per heavy atom. The Kier molecular flexibility index (Phi) is 13.8. The SMILES string of the molecule is CC.CC.CCC1CN(C)CCN1CC(F)F. The molecule has 0 aromatic rings. The predicted octanol–water partition coefficient (Wildman–Crippen LogP) is 3.33. The van der Waals surface area contributed by atoms with E-state index in [-0.39, 0.29) is 6.54 Å². The molecule has 1 fully saturated rings. The summed E-state index contributed by atoms with van der Waals surface area (Å²) in [6.45, 7) is 12.6. The number of halogens is 2. The Morgan fingerprint density at radius 1 is 1.12 bits per heavy atom. The fourth-order valence-corrected chi connectivity index (χ4v) is 1.85. The van der Waals surface area contributed by atoms with Crippen LogP contribution in [0.25, 0.3) is 0 Å². The van der Waals surface area contributed by atoms with Crippen LogP contribution in [0.2, 0.25) is 0 Å². The third-order valence-corrected chi connectivity index (χ3v) is 2.65. The molecule has 4 heteroatoms. The van der Waals surface area contributed by atoms with Gasteiger partial charge in [0.2, 0.25) is 0 Å². The number of alkyl halides is 2. The molecular weight excluding hydrogens is 222 g/mol. The van der Waals surface area contributed by atoms with Gasteiger partial charge in [-0.25, -0.2) is 8.78 Å². The second-order valence-corrected chi connectivity index (χ2v) is 3.71. The first-order valence-electron chi connectivity index (χ1n) is 6.84. The third-order valence-electron chi connectivity index (χ3n) is 2.65. The Balaban J connectivity index is 0. The fraction of sp³-hybridized carbons (Fsp3) is 1.00. The largest absolute Gasteiger partial charge is 0.304 e. The maximum atomic E-state index is 12.2. The average molecular weight is 252 g/mol. The van der Waals surface area contributed by atoms with Gasteiger partial charge in [0, 0.05) is 25.7 Å². The lowest BCUT2D eigenvalue weighted by Crippen LogP contribution is -2.52. The molecule has 0 aromatic carbocycles. The van der Waals surface area contributed by atoms with Crippen molar-refractivity contribution in [2.24, 2.45) is 0 Å². The summed E-state index contributed by atoms with van der Waals surface area (Å²) in [5.41, 5.74) is 0. The first-order valence-corrected chi connectivity index (χ1v) is 6.84. The molecular formula is C13H30F2N2. The van der Waals surface area contributed by atoms with Gasteiger partial charge in [0.25, 0.3) is 6.43 Å². The summed E-state index contributed by atoms with van der Waals surface area (Å²) in [6, 6.07) is 0.313. The van der Waals surface area contributed by atoms with E-state index in [1.807, 2.05) is 39.6 Å². The molecule has 1 atom stereocenters. The first kappa shape index (κ1) is 19.1. The fourth-order valence-electron chi connectivity index (χ4n) is 1.85. The van der Waals surface area contributed by atoms with Gasteiger partial charge in [-0.3, -0.25) is 4.90 Å². The molecule has 0 radical (unpaired) electrons. The van der Waals surface area contributed by atoms with E-state index in [0.717, 1.165) is 26.1 Å². The maximum absolute atomic E-state index is 12.2. The molecule has 0 aliphatic carbocycles. The van der Waals surface area contributed by atoms with E-state index in [1.165, 1.54) is 0 Å². The van der Waals surface area contributed by atoms with Gasteiger partial charge < -0.3 is 4.90 Å². The van der Waals surface area contributed by atoms with Crippen molar-refractivity contribution in [1.29, 1.82) is 0 Å². The van der Waals surface area contributed by atoms with E-state index in [0.29, 0.717) is 6.04 Å². The van der Waals surface area contributed by atoms with E-state index >= 15 is 0 Å². The smallest absolute Gasteiger partial charge is 0.251 e. The van der Waals surface area contributed by atoms with Crippen LogP contribution < -0.4 is 0 Å². The van der Waals surface area contributed by atoms with Gasteiger partial charge in [-0.15, -0.1) is 0 Å². The van der Waals surface area contributed by atoms with Crippen LogP contribution in [-0.2, 0) is 0 Å². The monoisotopic (exact) mass is 252 g/mol. The van der Waals surface area contributed by atoms with Crippen molar-refractivity contribution in [2.75, 3.05) is 33.2 Å². The number of rotatable bonds is 3. The van der Waals surface area contributed by atoms with Crippen LogP contribution >= 0.6 is 0 Å². The third kappa shape index (κ3) is 8.50. The van der Waals surface area contributed by atoms with Crippen LogP contribution in [0.5, 0.6) is 0 Å². The van der Waals surface area contributed by atoms with Crippen molar-refractivity contribution in [1.82, 2.24) is 9.80 Å². The number of hydrogen-bond donors (Lipinski definition) is 0. The molecule has 0 bridgehead atoms. The second kappa shape index (κ2) is 12.2. The quantitative estimate of drug-likeness (QED) is 0.760. The summed E-state index contributed by atoms with van der Waals surface area (Å²) in [6.07, 6.45) is -1.24. The van der Waals surface area contributed by atoms with Crippen molar-refractivity contribution in [3.05, 3.63) is 0 Å². The zero-order valence-corrected chi connectivity index (χ0v) is 12.3. The molecule has 2 nitrogen and oxygen atoms in total. The average Bonchev–Trinajstić information content (AvgIpc) is 2.36. The lowest BCUT2D eigenvalue weighted by Gasteiger charge is -2.39. The van der Waals surface area contributed by atoms with E-state index in [4.69, 9.17) is 0 Å². The summed E-state index contributed by atoms with van der Waals surface area (Å²) >= 11 is 0. The van der Waals surface area contributed by atoms with E-state index in [1.54, 1.807) is 0 Å². The number of likely N-dealkylation sites (N-methyl/N-ethyl adjacent to an activating group) is 1. The Hall–Kier alpha value is -0.220. The van der Waals surface area contributed by atoms with Gasteiger partial charge in [-0.1, -0.05) is 34.6 Å². The van der Waals surface area contributed by atoms with Crippen molar-refractivity contribution in [2.45, 2.75) is 53.5 Å². The number of hydrogen-bond acceptors (Lipinski definition) is 2. The Labute approximate surface area is 106 Å². The predicted molar refractivity (Wildman–Crippen MR) is 71.8 cm³/mol. The van der Waals surface area contributed by atoms with Crippen LogP contribution in [0.3, 0.4) is 0 Å². The minimum atomic E-state index is -2.20. The molecule has 1 rings (SSSR count). The minimum absolute atomic E-state index is 0.0631. The first-order chi connectivity index (χ1) is 8.13. The molecule has 1 aliphatic heterocycles. The molecule has 0 saturated carbocycles. The van der Waals surface area contributed by atoms with Gasteiger partial charge in [0.15, 0.2) is 0 Å². The summed E-state index contributed by atoms with van der Waals surface area (Å²) in [4.78, 5) is 4.11. The normalized spacial score (nSPS) is 21.4. The topological polar surface area (TPSA) is 6.48 Å². The van der Waals surface area contributed by atoms with Crippen molar-refractivity contribution < 1.29 is 8.78 Å². The second-order valence-electron chi connectivity index (χ2n) is 3.71. The minimum Gasteiger partial charge on any atom is -0.304 e. The van der Waals surface area contributed by atoms with Crippen LogP contribution in [-0.4, -0.2) is 55.5 Å². The molecule has 0 spiro atoms. The highest BCUT2D eigenvalue weighted by atomic mass is 19.3. The number of nitrogens with zero attached hydrogens (tertiary/aromatic N) is 2. The summed E-state index contributed by atoms with van der Waals surface area (Å²) in [5.74, 6) is 0. The molecule has 1 heterocycles. The van der Waals surface area contributed by atoms with Gasteiger partial charge in [-0.05, 0) is 13.5 Å². The molecule has 17 heavy (non-hydrogen) atoms. The van der Waals surface area contributed by atoms with Gasteiger partial charge in [0.05, 0.1) is 6.54 Å². The highest BCUT2D eigenvalue weighted by Crippen LogP contribution is 2.12. The van der Waals surface area contributed by atoms with E-state index < -0.39 is 6.43 Å². The molecule has 0 amide bonds. The van der Waals surface area contributed by atoms with Gasteiger partial charge in [0.1, 0.15) is 0 Å². The Morgan fingerprint density at radius 3 is 2.06 bits per heavy atom. The van der Waals surface area contributed by atoms with Gasteiger partial charge in [-0.2, -0.15) is 0 Å². The van der Waals surface area contributed by atoms with Crippen LogP contribution in [0, 0.1) is 0 Å². The molecule has 0 aromatic heterocycles. The number of piperazine rings is 1. The molecule has 1 unspecified atom stereocenters. The summed E-state index contributed by atoms with van der Waals surface area (Å²) in [5, 5.41) is 0. The lowest BCUT2D eigenvalue weighted by molar-refractivity contribution is 0.0263. The maximum Gasteiger partial charge on any atom is 0.251 e. The van der Waals surface area contributed by atoms with Crippen LogP contribution in [0.4, 0.5) is 8.78 Å². The highest BCUT2D eigenvalue weighted by molar-refractivity contribution is 4.79. The summed E-state index contributed by atoms with van der Waals surface area (Å²) in [7, 11) is 2.04. The summed E-state index contributed by atoms with van der Waals surface area (Å²) < 4.78 is 24.3. The van der Waals surface area contributed by atoms with Crippen LogP contribution in [0.1, 0.15) is 41.0 Å². The molecule has 1 aliphatic rings. The Bertz CT molecular complexity index is 154. The zero-order valence-electron chi connectivity index (χ0n) is 12.3. The lowest BCUT2D eigenvalue weighted by atomic mass is 10.1. The molecule has 0 N–H and O–H groups in total. The highest BCUT2D eigenvalue weighted by Gasteiger charge is 2.25. The van der Waals surface area contributed by atoms with E-state index in [9.17, 15) is 8.78 Å². The molecule has 1 saturated heterocycles. The van der Waals surface area contributed by atoms with Crippen molar-refractivity contribution >= 4 is 0 Å². The van der Waals surface area contributed by atoms with Crippen LogP contribution in [0.15, 0.2) is 0 Å². The van der Waals surface area contributed by atoms with Crippen molar-refractivity contribution in [3.63, 3.8) is 0 Å². The zero-order chi connectivity index (χ0) is 13.8. The standard InChI is InChI=1S/C9H18F2N2.2C2H6/c1-3-8-6-12(2)4-5-13(8)7-9(10)11;2*1-2/h8-9H,3-7H2,1-2H3;2*1-2H3.